The molecule has 0 atom stereocenters. The summed E-state index contributed by atoms with van der Waals surface area (Å²) in [5.41, 5.74) is 0.935. The lowest BCUT2D eigenvalue weighted by molar-refractivity contribution is -0.130. The van der Waals surface area contributed by atoms with Crippen molar-refractivity contribution >= 4 is 40.6 Å². The third-order valence-corrected chi connectivity index (χ3v) is 3.85. The van der Waals surface area contributed by atoms with E-state index < -0.39 is 5.97 Å². The first-order valence-electron chi connectivity index (χ1n) is 6.04. The second-order valence-electron chi connectivity index (χ2n) is 3.94. The van der Waals surface area contributed by atoms with Crippen molar-refractivity contribution in [2.75, 3.05) is 6.61 Å². The predicted molar refractivity (Wildman–Crippen MR) is 82.4 cm³/mol. The smallest absolute Gasteiger partial charge is 0.337 e. The van der Waals surface area contributed by atoms with Gasteiger partial charge in [0.25, 0.3) is 0 Å². The number of thiophene rings is 1. The van der Waals surface area contributed by atoms with E-state index in [0.29, 0.717) is 21.6 Å². The zero-order chi connectivity index (χ0) is 14.5. The number of ether oxygens (including phenoxy) is 1. The third kappa shape index (κ3) is 3.40. The molecule has 2 aromatic rings. The van der Waals surface area contributed by atoms with Gasteiger partial charge in [0, 0.05) is 10.4 Å². The van der Waals surface area contributed by atoms with Crippen molar-refractivity contribution in [3.8, 4) is 5.75 Å². The lowest BCUT2D eigenvalue weighted by Crippen LogP contribution is -1.99. The Bertz CT molecular complexity index is 646. The van der Waals surface area contributed by atoms with Crippen molar-refractivity contribution in [3.05, 3.63) is 51.2 Å². The number of halogens is 1. The zero-order valence-electron chi connectivity index (χ0n) is 10.8. The second kappa shape index (κ2) is 6.59. The van der Waals surface area contributed by atoms with Crippen LogP contribution in [-0.2, 0) is 4.79 Å². The first-order chi connectivity index (χ1) is 9.61. The first kappa shape index (κ1) is 14.6. The lowest BCUT2D eigenvalue weighted by atomic mass is 10.1. The number of carboxylic acids is 1. The minimum absolute atomic E-state index is 0.203. The Balaban J connectivity index is 2.47. The van der Waals surface area contributed by atoms with Crippen molar-refractivity contribution < 1.29 is 14.6 Å². The molecule has 0 fully saturated rings. The Morgan fingerprint density at radius 1 is 1.35 bits per heavy atom. The van der Waals surface area contributed by atoms with Gasteiger partial charge in [-0.2, -0.15) is 0 Å². The van der Waals surface area contributed by atoms with Crippen LogP contribution in [0.1, 0.15) is 17.4 Å². The van der Waals surface area contributed by atoms with Crippen LogP contribution in [0.15, 0.2) is 36.4 Å². The summed E-state index contributed by atoms with van der Waals surface area (Å²) >= 11 is 7.10. The van der Waals surface area contributed by atoms with E-state index in [1.54, 1.807) is 18.2 Å². The van der Waals surface area contributed by atoms with Gasteiger partial charge in [-0.25, -0.2) is 4.79 Å². The largest absolute Gasteiger partial charge is 0.493 e. The Hall–Kier alpha value is -1.78. The highest BCUT2D eigenvalue weighted by Gasteiger charge is 2.14. The Labute approximate surface area is 126 Å². The molecule has 0 aliphatic carbocycles. The third-order valence-electron chi connectivity index (χ3n) is 2.59. The van der Waals surface area contributed by atoms with Crippen molar-refractivity contribution in [1.82, 2.24) is 0 Å². The van der Waals surface area contributed by atoms with Crippen molar-refractivity contribution in [2.45, 2.75) is 6.92 Å². The molecule has 0 aliphatic heterocycles. The predicted octanol–water partition coefficient (Wildman–Crippen LogP) is 4.43. The first-order valence-corrected chi connectivity index (χ1v) is 7.23. The van der Waals surface area contributed by atoms with Gasteiger partial charge in [-0.1, -0.05) is 29.8 Å². The van der Waals surface area contributed by atoms with Crippen molar-refractivity contribution in [2.24, 2.45) is 0 Å². The van der Waals surface area contributed by atoms with Crippen LogP contribution in [0, 0.1) is 0 Å². The molecule has 1 aromatic heterocycles. The SMILES string of the molecule is CCOc1ccccc1/C=C(\C(=O)O)c1ccc(Cl)s1. The minimum atomic E-state index is -0.991. The van der Waals surface area contributed by atoms with Gasteiger partial charge in [-0.3, -0.25) is 0 Å². The molecule has 2 rings (SSSR count). The van der Waals surface area contributed by atoms with E-state index in [1.165, 1.54) is 11.3 Å². The second-order valence-corrected chi connectivity index (χ2v) is 5.65. The summed E-state index contributed by atoms with van der Waals surface area (Å²) in [5.74, 6) is -0.328. The standard InChI is InChI=1S/C15H13ClO3S/c1-2-19-12-6-4-3-5-10(12)9-11(15(17)18)13-7-8-14(16)20-13/h3-9H,2H2,1H3,(H,17,18)/b11-9-. The summed E-state index contributed by atoms with van der Waals surface area (Å²) in [6, 6.07) is 10.7. The molecule has 0 radical (unpaired) electrons. The highest BCUT2D eigenvalue weighted by Crippen LogP contribution is 2.31. The summed E-state index contributed by atoms with van der Waals surface area (Å²) in [5, 5.41) is 9.37. The number of aliphatic carboxylic acids is 1. The molecule has 0 bridgehead atoms. The number of hydrogen-bond donors (Lipinski definition) is 1. The number of carbonyl (C=O) groups is 1. The Kier molecular flexibility index (Phi) is 4.82. The van der Waals surface area contributed by atoms with Crippen LogP contribution in [0.2, 0.25) is 4.34 Å². The van der Waals surface area contributed by atoms with Gasteiger partial charge in [-0.15, -0.1) is 11.3 Å². The van der Waals surface area contributed by atoms with Crippen LogP contribution >= 0.6 is 22.9 Å². The molecule has 5 heteroatoms. The van der Waals surface area contributed by atoms with E-state index in [4.69, 9.17) is 16.3 Å². The van der Waals surface area contributed by atoms with Crippen LogP contribution < -0.4 is 4.74 Å². The van der Waals surface area contributed by atoms with E-state index in [9.17, 15) is 9.90 Å². The number of hydrogen-bond acceptors (Lipinski definition) is 3. The fourth-order valence-corrected chi connectivity index (χ4v) is 2.79. The number of benzene rings is 1. The molecule has 1 heterocycles. The molecule has 0 saturated carbocycles. The minimum Gasteiger partial charge on any atom is -0.493 e. The van der Waals surface area contributed by atoms with Crippen molar-refractivity contribution in [3.63, 3.8) is 0 Å². The quantitative estimate of drug-likeness (QED) is 0.831. The molecule has 0 amide bonds. The molecule has 0 saturated heterocycles. The average Bonchev–Trinajstić information content (AvgIpc) is 2.84. The molecular formula is C15H13ClO3S. The molecule has 20 heavy (non-hydrogen) atoms. The topological polar surface area (TPSA) is 46.5 Å². The molecule has 0 unspecified atom stereocenters. The van der Waals surface area contributed by atoms with Crippen LogP contribution in [0.4, 0.5) is 0 Å². The number of carboxylic acid groups (broad SMARTS) is 1. The van der Waals surface area contributed by atoms with Gasteiger partial charge in [0.2, 0.25) is 0 Å². The monoisotopic (exact) mass is 308 g/mol. The molecule has 1 N–H and O–H groups in total. The summed E-state index contributed by atoms with van der Waals surface area (Å²) in [6.07, 6.45) is 1.61. The van der Waals surface area contributed by atoms with Crippen LogP contribution in [0.25, 0.3) is 11.6 Å². The summed E-state index contributed by atoms with van der Waals surface area (Å²) < 4.78 is 6.06. The highest BCUT2D eigenvalue weighted by atomic mass is 35.5. The van der Waals surface area contributed by atoms with Gasteiger partial charge in [0.1, 0.15) is 5.75 Å². The fraction of sp³-hybridized carbons (Fsp3) is 0.133. The van der Waals surface area contributed by atoms with Gasteiger partial charge in [0.05, 0.1) is 16.5 Å². The van der Waals surface area contributed by atoms with Gasteiger partial charge in [0.15, 0.2) is 0 Å². The van der Waals surface area contributed by atoms with Crippen molar-refractivity contribution in [1.29, 1.82) is 0 Å². The maximum absolute atomic E-state index is 11.4. The van der Waals surface area contributed by atoms with Crippen LogP contribution in [0.3, 0.4) is 0 Å². The average molecular weight is 309 g/mol. The van der Waals surface area contributed by atoms with E-state index in [-0.39, 0.29) is 5.57 Å². The molecule has 1 aromatic carbocycles. The maximum Gasteiger partial charge on any atom is 0.337 e. The van der Waals surface area contributed by atoms with Gasteiger partial charge >= 0.3 is 5.97 Å². The van der Waals surface area contributed by atoms with Gasteiger partial charge < -0.3 is 9.84 Å². The van der Waals surface area contributed by atoms with E-state index in [2.05, 4.69) is 0 Å². The fourth-order valence-electron chi connectivity index (χ4n) is 1.74. The van der Waals surface area contributed by atoms with E-state index in [0.717, 1.165) is 5.56 Å². The Morgan fingerprint density at radius 3 is 2.70 bits per heavy atom. The molecular weight excluding hydrogens is 296 g/mol. The summed E-state index contributed by atoms with van der Waals surface area (Å²) in [6.45, 7) is 2.41. The molecule has 0 aliphatic rings. The van der Waals surface area contributed by atoms with E-state index in [1.807, 2.05) is 31.2 Å². The number of rotatable bonds is 5. The van der Waals surface area contributed by atoms with E-state index >= 15 is 0 Å². The maximum atomic E-state index is 11.4. The summed E-state index contributed by atoms with van der Waals surface area (Å²) in [4.78, 5) is 12.1. The number of para-hydroxylation sites is 1. The zero-order valence-corrected chi connectivity index (χ0v) is 12.4. The summed E-state index contributed by atoms with van der Waals surface area (Å²) in [7, 11) is 0. The Morgan fingerprint density at radius 2 is 2.10 bits per heavy atom. The normalized spacial score (nSPS) is 11.4. The highest BCUT2D eigenvalue weighted by molar-refractivity contribution is 7.17. The lowest BCUT2D eigenvalue weighted by Gasteiger charge is -2.07. The molecule has 104 valence electrons. The van der Waals surface area contributed by atoms with Crippen LogP contribution in [0.5, 0.6) is 5.75 Å². The van der Waals surface area contributed by atoms with Crippen LogP contribution in [-0.4, -0.2) is 17.7 Å². The molecule has 3 nitrogen and oxygen atoms in total. The molecule has 0 spiro atoms. The van der Waals surface area contributed by atoms with Gasteiger partial charge in [-0.05, 0) is 31.2 Å².